The van der Waals surface area contributed by atoms with E-state index in [1.54, 1.807) is 14.0 Å². The number of hydrogen-bond donors (Lipinski definition) is 2. The molecule has 7 nitrogen and oxygen atoms in total. The third-order valence-electron chi connectivity index (χ3n) is 4.07. The summed E-state index contributed by atoms with van der Waals surface area (Å²) in [5.74, 6) is 2.26. The number of aryl methyl sites for hydroxylation is 1. The minimum Gasteiger partial charge on any atom is -0.497 e. The predicted octanol–water partition coefficient (Wildman–Crippen LogP) is 3.63. The predicted molar refractivity (Wildman–Crippen MR) is 109 cm³/mol. The first-order valence-corrected chi connectivity index (χ1v) is 9.52. The van der Waals surface area contributed by atoms with Crippen LogP contribution in [-0.4, -0.2) is 34.3 Å². The van der Waals surface area contributed by atoms with Gasteiger partial charge in [0.15, 0.2) is 11.9 Å². The van der Waals surface area contributed by atoms with Crippen molar-refractivity contribution in [2.24, 2.45) is 0 Å². The molecule has 1 amide bonds. The van der Waals surface area contributed by atoms with E-state index in [-0.39, 0.29) is 12.5 Å². The zero-order valence-corrected chi connectivity index (χ0v) is 17.4. The molecule has 3 rings (SSSR count). The summed E-state index contributed by atoms with van der Waals surface area (Å²) < 4.78 is 11.7. The molecule has 0 spiro atoms. The molecule has 3 aromatic rings. The SMILES string of the molecule is COc1ccc(-c2n[nH]c(CNC(=O)C(C)Oc3ccc(C)cc3Br)n2)cc1. The Morgan fingerprint density at radius 2 is 2.00 bits per heavy atom. The summed E-state index contributed by atoms with van der Waals surface area (Å²) >= 11 is 3.45. The van der Waals surface area contributed by atoms with Gasteiger partial charge in [-0.15, -0.1) is 0 Å². The minimum atomic E-state index is -0.650. The van der Waals surface area contributed by atoms with Crippen molar-refractivity contribution in [1.82, 2.24) is 20.5 Å². The third kappa shape index (κ3) is 4.89. The van der Waals surface area contributed by atoms with Gasteiger partial charge in [-0.05, 0) is 71.7 Å². The van der Waals surface area contributed by atoms with Crippen molar-refractivity contribution in [3.05, 3.63) is 58.3 Å². The van der Waals surface area contributed by atoms with Crippen molar-refractivity contribution in [1.29, 1.82) is 0 Å². The lowest BCUT2D eigenvalue weighted by molar-refractivity contribution is -0.127. The molecule has 0 saturated carbocycles. The highest BCUT2D eigenvalue weighted by Gasteiger charge is 2.16. The average molecular weight is 445 g/mol. The lowest BCUT2D eigenvalue weighted by atomic mass is 10.2. The van der Waals surface area contributed by atoms with Crippen LogP contribution < -0.4 is 14.8 Å². The second kappa shape index (κ2) is 8.88. The van der Waals surface area contributed by atoms with Crippen LogP contribution in [0.25, 0.3) is 11.4 Å². The maximum absolute atomic E-state index is 12.3. The molecule has 0 aliphatic rings. The van der Waals surface area contributed by atoms with Gasteiger partial charge in [0.1, 0.15) is 17.3 Å². The van der Waals surface area contributed by atoms with Gasteiger partial charge in [0.2, 0.25) is 0 Å². The molecule has 0 radical (unpaired) electrons. The molecular formula is C20H21BrN4O3. The number of halogens is 1. The lowest BCUT2D eigenvalue weighted by Gasteiger charge is -2.15. The van der Waals surface area contributed by atoms with Crippen LogP contribution in [0.3, 0.4) is 0 Å². The van der Waals surface area contributed by atoms with Crippen molar-refractivity contribution >= 4 is 21.8 Å². The normalized spacial score (nSPS) is 11.7. The van der Waals surface area contributed by atoms with Crippen molar-refractivity contribution in [2.75, 3.05) is 7.11 Å². The Hall–Kier alpha value is -2.87. The Morgan fingerprint density at radius 1 is 1.25 bits per heavy atom. The van der Waals surface area contributed by atoms with Crippen molar-refractivity contribution < 1.29 is 14.3 Å². The van der Waals surface area contributed by atoms with Gasteiger partial charge in [-0.2, -0.15) is 5.10 Å². The fraction of sp³-hybridized carbons (Fsp3) is 0.250. The molecule has 1 atom stereocenters. The largest absolute Gasteiger partial charge is 0.497 e. The number of H-pyrrole nitrogens is 1. The van der Waals surface area contributed by atoms with Gasteiger partial charge in [0.05, 0.1) is 18.1 Å². The number of aromatic amines is 1. The zero-order valence-electron chi connectivity index (χ0n) is 15.8. The molecule has 0 saturated heterocycles. The van der Waals surface area contributed by atoms with E-state index in [0.717, 1.165) is 21.3 Å². The Balaban J connectivity index is 1.56. The van der Waals surface area contributed by atoms with E-state index in [9.17, 15) is 4.79 Å². The maximum atomic E-state index is 12.3. The molecule has 146 valence electrons. The van der Waals surface area contributed by atoms with Crippen LogP contribution in [0.5, 0.6) is 11.5 Å². The Bertz CT molecular complexity index is 956. The number of nitrogens with one attached hydrogen (secondary N) is 2. The highest BCUT2D eigenvalue weighted by molar-refractivity contribution is 9.10. The Morgan fingerprint density at radius 3 is 2.68 bits per heavy atom. The van der Waals surface area contributed by atoms with Crippen LogP contribution in [0.4, 0.5) is 0 Å². The molecule has 0 bridgehead atoms. The number of nitrogens with zero attached hydrogens (tertiary/aromatic N) is 2. The first-order valence-electron chi connectivity index (χ1n) is 8.72. The van der Waals surface area contributed by atoms with Gasteiger partial charge >= 0.3 is 0 Å². The quantitative estimate of drug-likeness (QED) is 0.580. The number of rotatable bonds is 7. The Kier molecular flexibility index (Phi) is 6.30. The molecular weight excluding hydrogens is 424 g/mol. The van der Waals surface area contributed by atoms with E-state index in [1.165, 1.54) is 0 Å². The van der Waals surface area contributed by atoms with Crippen LogP contribution in [0, 0.1) is 6.92 Å². The van der Waals surface area contributed by atoms with E-state index < -0.39 is 6.10 Å². The zero-order chi connectivity index (χ0) is 20.1. The second-order valence-corrected chi connectivity index (χ2v) is 7.10. The summed E-state index contributed by atoms with van der Waals surface area (Å²) in [7, 11) is 1.62. The van der Waals surface area contributed by atoms with Crippen LogP contribution in [0.1, 0.15) is 18.3 Å². The molecule has 2 N–H and O–H groups in total. The van der Waals surface area contributed by atoms with E-state index in [4.69, 9.17) is 9.47 Å². The first-order chi connectivity index (χ1) is 13.5. The molecule has 2 aromatic carbocycles. The van der Waals surface area contributed by atoms with Gasteiger partial charge in [0.25, 0.3) is 5.91 Å². The van der Waals surface area contributed by atoms with Gasteiger partial charge in [-0.1, -0.05) is 6.07 Å². The molecule has 0 aliphatic heterocycles. The summed E-state index contributed by atoms with van der Waals surface area (Å²) in [6, 6.07) is 13.1. The summed E-state index contributed by atoms with van der Waals surface area (Å²) in [5, 5.41) is 9.82. The number of amides is 1. The number of carbonyl (C=O) groups is 1. The first kappa shape index (κ1) is 19.9. The fourth-order valence-electron chi connectivity index (χ4n) is 2.50. The summed E-state index contributed by atoms with van der Waals surface area (Å²) in [6.07, 6.45) is -0.650. The highest BCUT2D eigenvalue weighted by Crippen LogP contribution is 2.26. The molecule has 8 heteroatoms. The van der Waals surface area contributed by atoms with Crippen LogP contribution >= 0.6 is 15.9 Å². The minimum absolute atomic E-state index is 0.227. The van der Waals surface area contributed by atoms with Gasteiger partial charge in [-0.25, -0.2) is 4.98 Å². The van der Waals surface area contributed by atoms with Crippen LogP contribution in [0.2, 0.25) is 0 Å². The number of methoxy groups -OCH3 is 1. The van der Waals surface area contributed by atoms with E-state index in [2.05, 4.69) is 36.4 Å². The maximum Gasteiger partial charge on any atom is 0.261 e. The number of aromatic nitrogens is 3. The topological polar surface area (TPSA) is 89.1 Å². The monoisotopic (exact) mass is 444 g/mol. The molecule has 0 fully saturated rings. The number of carbonyl (C=O) groups excluding carboxylic acids is 1. The molecule has 0 aliphatic carbocycles. The van der Waals surface area contributed by atoms with E-state index >= 15 is 0 Å². The number of benzene rings is 2. The molecule has 1 unspecified atom stereocenters. The summed E-state index contributed by atoms with van der Waals surface area (Å²) in [4.78, 5) is 16.7. The van der Waals surface area contributed by atoms with E-state index in [1.807, 2.05) is 49.4 Å². The van der Waals surface area contributed by atoms with Crippen molar-refractivity contribution in [3.8, 4) is 22.9 Å². The van der Waals surface area contributed by atoms with Gasteiger partial charge in [-0.3, -0.25) is 9.89 Å². The smallest absolute Gasteiger partial charge is 0.261 e. The standard InChI is InChI=1S/C20H21BrN4O3/c1-12-4-9-17(16(21)10-12)28-13(2)20(26)22-11-18-23-19(25-24-18)14-5-7-15(27-3)8-6-14/h4-10,13H,11H2,1-3H3,(H,22,26)(H,23,24,25). The molecule has 28 heavy (non-hydrogen) atoms. The second-order valence-electron chi connectivity index (χ2n) is 6.25. The lowest BCUT2D eigenvalue weighted by Crippen LogP contribution is -2.36. The Labute approximate surface area is 171 Å². The highest BCUT2D eigenvalue weighted by atomic mass is 79.9. The number of hydrogen-bond acceptors (Lipinski definition) is 5. The van der Waals surface area contributed by atoms with Gasteiger partial charge < -0.3 is 14.8 Å². The summed E-state index contributed by atoms with van der Waals surface area (Å²) in [5.41, 5.74) is 1.96. The molecule has 1 aromatic heterocycles. The number of ether oxygens (including phenoxy) is 2. The average Bonchev–Trinajstić information content (AvgIpc) is 3.17. The van der Waals surface area contributed by atoms with E-state index in [0.29, 0.717) is 17.4 Å². The van der Waals surface area contributed by atoms with Crippen molar-refractivity contribution in [3.63, 3.8) is 0 Å². The van der Waals surface area contributed by atoms with Gasteiger partial charge in [0, 0.05) is 5.56 Å². The summed E-state index contributed by atoms with van der Waals surface area (Å²) in [6.45, 7) is 3.91. The molecule has 1 heterocycles. The van der Waals surface area contributed by atoms with Crippen molar-refractivity contribution in [2.45, 2.75) is 26.5 Å². The third-order valence-corrected chi connectivity index (χ3v) is 4.69. The van der Waals surface area contributed by atoms with Crippen LogP contribution in [0.15, 0.2) is 46.9 Å². The fourth-order valence-corrected chi connectivity index (χ4v) is 3.09. The van der Waals surface area contributed by atoms with Crippen LogP contribution in [-0.2, 0) is 11.3 Å².